The lowest BCUT2D eigenvalue weighted by Gasteiger charge is -2.01. The molecule has 17 heavy (non-hydrogen) atoms. The number of aryl methyl sites for hydroxylation is 1. The standard InChI is InChI=1S/C13H13NO.BrH.H2O/c1-3-8-14-12-6-4-10(2)9-11(12)5-7-13(14)15;;/h3-7,9H,1,8H2,2H3;1H;1H2. The van der Waals surface area contributed by atoms with Gasteiger partial charge in [-0.25, -0.2) is 0 Å². The number of hydrogen-bond donors (Lipinski definition) is 1. The van der Waals surface area contributed by atoms with Crippen LogP contribution >= 0.6 is 0 Å². The summed E-state index contributed by atoms with van der Waals surface area (Å²) in [7, 11) is 0. The minimum Gasteiger partial charge on any atom is -1.00 e. The van der Waals surface area contributed by atoms with Gasteiger partial charge in [-0.15, -0.1) is 0 Å². The molecule has 0 spiro atoms. The molecule has 0 aliphatic heterocycles. The van der Waals surface area contributed by atoms with Gasteiger partial charge in [0.1, 0.15) is 0 Å². The second-order valence-electron chi connectivity index (χ2n) is 3.65. The first-order valence-corrected chi connectivity index (χ1v) is 4.95. The maximum absolute atomic E-state index is 9.72. The highest BCUT2D eigenvalue weighted by Crippen LogP contribution is 2.15. The van der Waals surface area contributed by atoms with E-state index in [1.54, 1.807) is 12.1 Å². The number of fused-ring (bicyclic) bond motifs is 1. The molecule has 0 radical (unpaired) electrons. The Hall–Kier alpha value is -1.39. The first-order chi connectivity index (χ1) is 7.22. The second-order valence-corrected chi connectivity index (χ2v) is 3.65. The van der Waals surface area contributed by atoms with Crippen LogP contribution in [0.15, 0.2) is 43.0 Å². The van der Waals surface area contributed by atoms with Crippen LogP contribution < -0.4 is 21.5 Å². The molecule has 0 bridgehead atoms. The van der Waals surface area contributed by atoms with Crippen LogP contribution in [0.4, 0.5) is 0 Å². The van der Waals surface area contributed by atoms with Crippen molar-refractivity contribution in [2.24, 2.45) is 0 Å². The first-order valence-electron chi connectivity index (χ1n) is 4.95. The molecule has 3 nitrogen and oxygen atoms in total. The maximum atomic E-state index is 9.72. The molecule has 0 aliphatic carbocycles. The molecule has 1 heterocycles. The zero-order chi connectivity index (χ0) is 10.8. The van der Waals surface area contributed by atoms with Crippen molar-refractivity contribution < 1.29 is 32.1 Å². The summed E-state index contributed by atoms with van der Waals surface area (Å²) >= 11 is 0. The lowest BCUT2D eigenvalue weighted by Crippen LogP contribution is -3.00. The number of allylic oxidation sites excluding steroid dienone is 1. The summed E-state index contributed by atoms with van der Waals surface area (Å²) in [6.07, 6.45) is 1.78. The summed E-state index contributed by atoms with van der Waals surface area (Å²) in [6.45, 7) is 6.37. The van der Waals surface area contributed by atoms with Crippen LogP contribution in [0.1, 0.15) is 5.56 Å². The highest BCUT2D eigenvalue weighted by atomic mass is 79.9. The molecular formula is C13H16BrNO2. The minimum absolute atomic E-state index is 0. The van der Waals surface area contributed by atoms with E-state index in [4.69, 9.17) is 0 Å². The van der Waals surface area contributed by atoms with Crippen LogP contribution in [0.2, 0.25) is 0 Å². The average Bonchev–Trinajstić information content (AvgIpc) is 2.22. The lowest BCUT2D eigenvalue weighted by molar-refractivity contribution is -0.667. The van der Waals surface area contributed by atoms with Crippen LogP contribution in [0.3, 0.4) is 0 Å². The number of nitrogens with zero attached hydrogens (tertiary/aromatic N) is 1. The van der Waals surface area contributed by atoms with Gasteiger partial charge in [-0.2, -0.15) is 4.57 Å². The molecule has 4 heteroatoms. The van der Waals surface area contributed by atoms with Gasteiger partial charge in [0, 0.05) is 11.5 Å². The molecule has 2 aromatic rings. The van der Waals surface area contributed by atoms with Crippen LogP contribution in [0.25, 0.3) is 10.9 Å². The number of aromatic hydroxyl groups is 1. The third-order valence-electron chi connectivity index (χ3n) is 2.47. The van der Waals surface area contributed by atoms with Gasteiger partial charge in [-0.05, 0) is 25.1 Å². The average molecular weight is 298 g/mol. The molecule has 0 saturated carbocycles. The van der Waals surface area contributed by atoms with Crippen LogP contribution in [0.5, 0.6) is 5.88 Å². The summed E-state index contributed by atoms with van der Waals surface area (Å²) in [5.41, 5.74) is 2.25. The van der Waals surface area contributed by atoms with E-state index in [2.05, 4.69) is 19.6 Å². The Morgan fingerprint density at radius 1 is 1.29 bits per heavy atom. The predicted octanol–water partition coefficient (Wildman–Crippen LogP) is -1.49. The number of rotatable bonds is 2. The molecule has 0 amide bonds. The normalized spacial score (nSPS) is 9.24. The molecule has 1 aromatic carbocycles. The maximum Gasteiger partial charge on any atom is 0.366 e. The second kappa shape index (κ2) is 6.37. The monoisotopic (exact) mass is 297 g/mol. The van der Waals surface area contributed by atoms with Crippen molar-refractivity contribution in [1.82, 2.24) is 0 Å². The zero-order valence-electron chi connectivity index (χ0n) is 9.65. The third kappa shape index (κ3) is 3.05. The SMILES string of the molecule is C=CC[n+]1c(O)ccc2cc(C)ccc21.O.[Br-]. The van der Waals surface area contributed by atoms with E-state index in [0.29, 0.717) is 6.54 Å². The van der Waals surface area contributed by atoms with Gasteiger partial charge in [0.05, 0.1) is 6.07 Å². The highest BCUT2D eigenvalue weighted by Gasteiger charge is 2.12. The van der Waals surface area contributed by atoms with Crippen LogP contribution in [-0.4, -0.2) is 10.6 Å². The molecular weight excluding hydrogens is 282 g/mol. The summed E-state index contributed by atoms with van der Waals surface area (Å²) in [5, 5.41) is 10.9. The van der Waals surface area contributed by atoms with Crippen molar-refractivity contribution in [1.29, 1.82) is 0 Å². The van der Waals surface area contributed by atoms with E-state index in [1.165, 1.54) is 5.56 Å². The number of pyridine rings is 1. The van der Waals surface area contributed by atoms with E-state index >= 15 is 0 Å². The minimum atomic E-state index is 0. The number of halogens is 1. The number of benzene rings is 1. The third-order valence-corrected chi connectivity index (χ3v) is 2.47. The van der Waals surface area contributed by atoms with E-state index < -0.39 is 0 Å². The van der Waals surface area contributed by atoms with Crippen molar-refractivity contribution in [3.63, 3.8) is 0 Å². The van der Waals surface area contributed by atoms with Crippen molar-refractivity contribution in [2.45, 2.75) is 13.5 Å². The van der Waals surface area contributed by atoms with Crippen molar-refractivity contribution >= 4 is 10.9 Å². The fraction of sp³-hybridized carbons (Fsp3) is 0.154. The molecule has 0 aliphatic rings. The molecule has 0 fully saturated rings. The van der Waals surface area contributed by atoms with Crippen molar-refractivity contribution in [3.8, 4) is 5.88 Å². The topological polar surface area (TPSA) is 55.6 Å². The van der Waals surface area contributed by atoms with Crippen molar-refractivity contribution in [2.75, 3.05) is 0 Å². The Labute approximate surface area is 111 Å². The van der Waals surface area contributed by atoms with Crippen LogP contribution in [-0.2, 0) is 6.54 Å². The van der Waals surface area contributed by atoms with E-state index in [-0.39, 0.29) is 28.3 Å². The fourth-order valence-corrected chi connectivity index (χ4v) is 1.75. The fourth-order valence-electron chi connectivity index (χ4n) is 1.75. The quantitative estimate of drug-likeness (QED) is 0.533. The van der Waals surface area contributed by atoms with Crippen molar-refractivity contribution in [3.05, 3.63) is 48.6 Å². The Kier molecular flexibility index (Phi) is 5.85. The zero-order valence-corrected chi connectivity index (χ0v) is 11.2. The Morgan fingerprint density at radius 2 is 2.00 bits per heavy atom. The smallest absolute Gasteiger partial charge is 0.366 e. The molecule has 92 valence electrons. The molecule has 3 N–H and O–H groups in total. The Balaban J connectivity index is 0.00000128. The van der Waals surface area contributed by atoms with Crippen LogP contribution in [0, 0.1) is 6.92 Å². The number of aromatic nitrogens is 1. The van der Waals surface area contributed by atoms with Gasteiger partial charge in [0.25, 0.3) is 0 Å². The van der Waals surface area contributed by atoms with Gasteiger partial charge in [-0.3, -0.25) is 0 Å². The van der Waals surface area contributed by atoms with Gasteiger partial charge in [-0.1, -0.05) is 18.2 Å². The molecule has 0 atom stereocenters. The summed E-state index contributed by atoms with van der Waals surface area (Å²) in [5.74, 6) is 0.270. The lowest BCUT2D eigenvalue weighted by atomic mass is 10.1. The van der Waals surface area contributed by atoms with Gasteiger partial charge < -0.3 is 27.6 Å². The first kappa shape index (κ1) is 15.6. The van der Waals surface area contributed by atoms with E-state index in [9.17, 15) is 5.11 Å². The molecule has 0 unspecified atom stereocenters. The Bertz CT molecular complexity index is 526. The molecule has 0 saturated heterocycles. The number of hydrogen-bond acceptors (Lipinski definition) is 1. The van der Waals surface area contributed by atoms with Gasteiger partial charge in [0.15, 0.2) is 6.54 Å². The Morgan fingerprint density at radius 3 is 2.65 bits per heavy atom. The summed E-state index contributed by atoms with van der Waals surface area (Å²) < 4.78 is 1.84. The predicted molar refractivity (Wildman–Crippen MR) is 64.4 cm³/mol. The largest absolute Gasteiger partial charge is 1.00 e. The van der Waals surface area contributed by atoms with E-state index in [1.807, 2.05) is 22.8 Å². The summed E-state index contributed by atoms with van der Waals surface area (Å²) in [4.78, 5) is 0. The molecule has 2 rings (SSSR count). The summed E-state index contributed by atoms with van der Waals surface area (Å²) in [6, 6.07) is 9.81. The van der Waals surface area contributed by atoms with E-state index in [0.717, 1.165) is 10.9 Å². The highest BCUT2D eigenvalue weighted by molar-refractivity contribution is 5.76. The van der Waals surface area contributed by atoms with Gasteiger partial charge in [0.2, 0.25) is 5.52 Å². The molecule has 1 aromatic heterocycles. The van der Waals surface area contributed by atoms with Gasteiger partial charge >= 0.3 is 5.88 Å².